The van der Waals surface area contributed by atoms with Crippen LogP contribution in [0.25, 0.3) is 0 Å². The minimum Gasteiger partial charge on any atom is -0.454 e. The van der Waals surface area contributed by atoms with Crippen LogP contribution in [0.3, 0.4) is 0 Å². The van der Waals surface area contributed by atoms with Crippen LogP contribution in [0, 0.1) is 11.6 Å². The van der Waals surface area contributed by atoms with Gasteiger partial charge >= 0.3 is 0 Å². The molecule has 2 N–H and O–H groups in total. The highest BCUT2D eigenvalue weighted by molar-refractivity contribution is 5.94. The number of hydrogen-bond donors (Lipinski definition) is 1. The fourth-order valence-corrected chi connectivity index (χ4v) is 2.50. The average Bonchev–Trinajstić information content (AvgIpc) is 2.97. The average molecular weight is 318 g/mol. The van der Waals surface area contributed by atoms with Crippen LogP contribution in [0.5, 0.6) is 11.5 Å². The number of halogens is 2. The number of carbonyl (C=O) groups excluding carboxylic acids is 1. The normalized spacial score (nSPS) is 17.3. The monoisotopic (exact) mass is 318 g/mol. The summed E-state index contributed by atoms with van der Waals surface area (Å²) in [5, 5.41) is 0. The molecule has 3 rings (SSSR count). The number of amides is 1. The van der Waals surface area contributed by atoms with Gasteiger partial charge in [0.25, 0.3) is 5.91 Å². The van der Waals surface area contributed by atoms with Gasteiger partial charge in [-0.25, -0.2) is 8.78 Å². The van der Waals surface area contributed by atoms with E-state index in [0.717, 1.165) is 18.6 Å². The van der Waals surface area contributed by atoms with Crippen molar-refractivity contribution in [1.82, 2.24) is 4.90 Å². The Hall–Kier alpha value is -2.47. The first-order valence-electron chi connectivity index (χ1n) is 7.31. The van der Waals surface area contributed by atoms with Gasteiger partial charge < -0.3 is 15.4 Å². The third-order valence-electron chi connectivity index (χ3n) is 3.73. The van der Waals surface area contributed by atoms with Gasteiger partial charge in [-0.2, -0.15) is 0 Å². The summed E-state index contributed by atoms with van der Waals surface area (Å²) in [6.07, 6.45) is 0.802. The van der Waals surface area contributed by atoms with E-state index in [9.17, 15) is 13.6 Å². The summed E-state index contributed by atoms with van der Waals surface area (Å²) >= 11 is 0. The maximum Gasteiger partial charge on any atom is 0.253 e. The second-order valence-electron chi connectivity index (χ2n) is 5.50. The van der Waals surface area contributed by atoms with Crippen molar-refractivity contribution >= 4 is 5.91 Å². The quantitative estimate of drug-likeness (QED) is 0.946. The van der Waals surface area contributed by atoms with Crippen LogP contribution in [0.15, 0.2) is 42.5 Å². The van der Waals surface area contributed by atoms with E-state index in [0.29, 0.717) is 24.4 Å². The zero-order valence-corrected chi connectivity index (χ0v) is 12.3. The Morgan fingerprint density at radius 1 is 1.17 bits per heavy atom. The lowest BCUT2D eigenvalue weighted by atomic mass is 10.2. The number of benzene rings is 2. The molecule has 1 unspecified atom stereocenters. The summed E-state index contributed by atoms with van der Waals surface area (Å²) in [5.74, 6) is -1.24. The molecule has 0 aliphatic carbocycles. The molecule has 0 aromatic heterocycles. The Labute approximate surface area is 132 Å². The molecule has 0 radical (unpaired) electrons. The van der Waals surface area contributed by atoms with Crippen LogP contribution >= 0.6 is 0 Å². The Bertz CT molecular complexity index is 719. The molecule has 0 saturated carbocycles. The molecule has 6 heteroatoms. The molecule has 1 heterocycles. The largest absolute Gasteiger partial charge is 0.454 e. The third-order valence-corrected chi connectivity index (χ3v) is 3.73. The molecular weight excluding hydrogens is 302 g/mol. The number of ether oxygens (including phenoxy) is 1. The molecule has 2 aromatic carbocycles. The van der Waals surface area contributed by atoms with Gasteiger partial charge in [0.2, 0.25) is 0 Å². The van der Waals surface area contributed by atoms with E-state index >= 15 is 0 Å². The highest BCUT2D eigenvalue weighted by Gasteiger charge is 2.24. The predicted molar refractivity (Wildman–Crippen MR) is 81.4 cm³/mol. The van der Waals surface area contributed by atoms with E-state index in [1.165, 1.54) is 6.07 Å². The number of nitrogens with two attached hydrogens (primary N) is 1. The number of carbonyl (C=O) groups is 1. The van der Waals surface area contributed by atoms with E-state index in [2.05, 4.69) is 0 Å². The van der Waals surface area contributed by atoms with Crippen LogP contribution in [0.1, 0.15) is 16.8 Å². The summed E-state index contributed by atoms with van der Waals surface area (Å²) in [7, 11) is 0. The van der Waals surface area contributed by atoms with Gasteiger partial charge in [-0.15, -0.1) is 0 Å². The van der Waals surface area contributed by atoms with Crippen molar-refractivity contribution in [3.05, 3.63) is 59.7 Å². The Balaban J connectivity index is 1.70. The van der Waals surface area contributed by atoms with E-state index in [4.69, 9.17) is 10.5 Å². The maximum absolute atomic E-state index is 13.5. The van der Waals surface area contributed by atoms with Crippen molar-refractivity contribution in [3.8, 4) is 11.5 Å². The maximum atomic E-state index is 13.5. The summed E-state index contributed by atoms with van der Waals surface area (Å²) < 4.78 is 31.8. The molecule has 2 aromatic rings. The van der Waals surface area contributed by atoms with Crippen LogP contribution in [-0.4, -0.2) is 29.9 Å². The molecule has 1 aliphatic rings. The third kappa shape index (κ3) is 3.48. The van der Waals surface area contributed by atoms with Crippen molar-refractivity contribution < 1.29 is 18.3 Å². The predicted octanol–water partition coefficient (Wildman–Crippen LogP) is 2.93. The van der Waals surface area contributed by atoms with Gasteiger partial charge in [0, 0.05) is 30.8 Å². The molecule has 1 amide bonds. The van der Waals surface area contributed by atoms with Gasteiger partial charge in [-0.3, -0.25) is 4.79 Å². The Morgan fingerprint density at radius 3 is 2.52 bits per heavy atom. The van der Waals surface area contributed by atoms with E-state index in [1.54, 1.807) is 29.2 Å². The van der Waals surface area contributed by atoms with Crippen LogP contribution < -0.4 is 10.5 Å². The molecule has 1 saturated heterocycles. The number of rotatable bonds is 3. The van der Waals surface area contributed by atoms with Crippen LogP contribution in [-0.2, 0) is 0 Å². The van der Waals surface area contributed by atoms with E-state index in [-0.39, 0.29) is 17.7 Å². The lowest BCUT2D eigenvalue weighted by Gasteiger charge is -2.16. The smallest absolute Gasteiger partial charge is 0.253 e. The number of hydrogen-bond acceptors (Lipinski definition) is 3. The summed E-state index contributed by atoms with van der Waals surface area (Å²) in [6, 6.07) is 9.50. The molecule has 1 fully saturated rings. The topological polar surface area (TPSA) is 55.6 Å². The zero-order chi connectivity index (χ0) is 16.4. The first-order chi connectivity index (χ1) is 11.0. The van der Waals surface area contributed by atoms with Gasteiger partial charge in [0.15, 0.2) is 11.6 Å². The van der Waals surface area contributed by atoms with Gasteiger partial charge in [0.1, 0.15) is 11.6 Å². The molecule has 23 heavy (non-hydrogen) atoms. The summed E-state index contributed by atoms with van der Waals surface area (Å²) in [5.41, 5.74) is 6.32. The molecule has 0 bridgehead atoms. The van der Waals surface area contributed by atoms with Crippen molar-refractivity contribution in [2.45, 2.75) is 12.5 Å². The van der Waals surface area contributed by atoms with E-state index in [1.807, 2.05) is 0 Å². The standard InChI is InChI=1S/C17H16F2N2O2/c18-12-3-6-16(15(19)9-12)23-14-4-1-11(2-5-14)17(22)21-8-7-13(20)10-21/h1-6,9,13H,7-8,10,20H2. The SMILES string of the molecule is NC1CCN(C(=O)c2ccc(Oc3ccc(F)cc3F)cc2)C1. The molecule has 1 aliphatic heterocycles. The highest BCUT2D eigenvalue weighted by atomic mass is 19.1. The van der Waals surface area contributed by atoms with Crippen molar-refractivity contribution in [1.29, 1.82) is 0 Å². The fourth-order valence-electron chi connectivity index (χ4n) is 2.50. The van der Waals surface area contributed by atoms with Gasteiger partial charge in [0.05, 0.1) is 0 Å². The second kappa shape index (κ2) is 6.34. The minimum atomic E-state index is -0.781. The second-order valence-corrected chi connectivity index (χ2v) is 5.50. The Morgan fingerprint density at radius 2 is 1.91 bits per heavy atom. The first-order valence-corrected chi connectivity index (χ1v) is 7.31. The van der Waals surface area contributed by atoms with Crippen molar-refractivity contribution in [2.24, 2.45) is 5.73 Å². The molecular formula is C17H16F2N2O2. The van der Waals surface area contributed by atoms with Crippen molar-refractivity contribution in [3.63, 3.8) is 0 Å². The van der Waals surface area contributed by atoms with Crippen molar-refractivity contribution in [2.75, 3.05) is 13.1 Å². The first kappa shape index (κ1) is 15.4. The van der Waals surface area contributed by atoms with Crippen LogP contribution in [0.2, 0.25) is 0 Å². The highest BCUT2D eigenvalue weighted by Crippen LogP contribution is 2.25. The molecule has 1 atom stereocenters. The van der Waals surface area contributed by atoms with Gasteiger partial charge in [-0.1, -0.05) is 0 Å². The molecule has 0 spiro atoms. The minimum absolute atomic E-state index is 0.0306. The Kier molecular flexibility index (Phi) is 4.25. The lowest BCUT2D eigenvalue weighted by Crippen LogP contribution is -2.31. The lowest BCUT2D eigenvalue weighted by molar-refractivity contribution is 0.0791. The molecule has 4 nitrogen and oxygen atoms in total. The number of nitrogens with zero attached hydrogens (tertiary/aromatic N) is 1. The molecule has 120 valence electrons. The zero-order valence-electron chi connectivity index (χ0n) is 12.3. The summed E-state index contributed by atoms with van der Waals surface area (Å²) in [4.78, 5) is 14.0. The van der Waals surface area contributed by atoms with E-state index < -0.39 is 11.6 Å². The fraction of sp³-hybridized carbons (Fsp3) is 0.235. The van der Waals surface area contributed by atoms with Crippen LogP contribution in [0.4, 0.5) is 8.78 Å². The summed E-state index contributed by atoms with van der Waals surface area (Å²) in [6.45, 7) is 1.21. The number of likely N-dealkylation sites (tertiary alicyclic amines) is 1. The van der Waals surface area contributed by atoms with Gasteiger partial charge in [-0.05, 0) is 42.8 Å².